The van der Waals surface area contributed by atoms with E-state index in [0.29, 0.717) is 6.04 Å². The number of amides is 1. The van der Waals surface area contributed by atoms with E-state index in [2.05, 4.69) is 36.6 Å². The number of carbonyl (C=O) groups is 1. The Labute approximate surface area is 152 Å². The number of aryl methyl sites for hydroxylation is 1. The van der Waals surface area contributed by atoms with Gasteiger partial charge >= 0.3 is 6.09 Å². The predicted molar refractivity (Wildman–Crippen MR) is 104 cm³/mol. The van der Waals surface area contributed by atoms with Crippen LogP contribution in [0.25, 0.3) is 0 Å². The normalized spacial score (nSPS) is 16.8. The molecule has 1 aliphatic rings. The average molecular weight is 347 g/mol. The van der Waals surface area contributed by atoms with Gasteiger partial charge in [0, 0.05) is 11.7 Å². The molecule has 1 unspecified atom stereocenters. The first-order valence-electron chi connectivity index (χ1n) is 9.61. The maximum atomic E-state index is 11.9. The van der Waals surface area contributed by atoms with Crippen molar-refractivity contribution in [2.24, 2.45) is 5.92 Å². The van der Waals surface area contributed by atoms with Gasteiger partial charge in [-0.3, -0.25) is 5.32 Å². The summed E-state index contributed by atoms with van der Waals surface area (Å²) in [5.41, 5.74) is 3.03. The molecular formula is C21H34N2O2. The fourth-order valence-corrected chi connectivity index (χ4v) is 3.28. The first kappa shape index (κ1) is 19.8. The van der Waals surface area contributed by atoms with E-state index in [0.717, 1.165) is 31.0 Å². The van der Waals surface area contributed by atoms with Crippen molar-refractivity contribution in [3.63, 3.8) is 0 Å². The molecule has 2 rings (SSSR count). The molecule has 4 heteroatoms. The van der Waals surface area contributed by atoms with Crippen LogP contribution in [0.3, 0.4) is 0 Å². The van der Waals surface area contributed by atoms with E-state index < -0.39 is 11.7 Å². The van der Waals surface area contributed by atoms with Crippen LogP contribution >= 0.6 is 0 Å². The van der Waals surface area contributed by atoms with Gasteiger partial charge in [0.15, 0.2) is 0 Å². The lowest BCUT2D eigenvalue weighted by atomic mass is 10.1. The highest BCUT2D eigenvalue weighted by Gasteiger charge is 2.23. The van der Waals surface area contributed by atoms with Gasteiger partial charge in [-0.1, -0.05) is 32.8 Å². The molecule has 1 aliphatic carbocycles. The maximum absolute atomic E-state index is 11.9. The fraction of sp³-hybridized carbons (Fsp3) is 0.667. The minimum Gasteiger partial charge on any atom is -0.444 e. The Morgan fingerprint density at radius 3 is 2.72 bits per heavy atom. The van der Waals surface area contributed by atoms with Gasteiger partial charge < -0.3 is 10.1 Å². The molecule has 4 nitrogen and oxygen atoms in total. The lowest BCUT2D eigenvalue weighted by Crippen LogP contribution is -2.27. The van der Waals surface area contributed by atoms with Crippen molar-refractivity contribution in [3.05, 3.63) is 29.3 Å². The minimum atomic E-state index is -0.481. The molecule has 0 fully saturated rings. The highest BCUT2D eigenvalue weighted by Crippen LogP contribution is 2.33. The summed E-state index contributed by atoms with van der Waals surface area (Å²) in [6.45, 7) is 11.2. The third-order valence-corrected chi connectivity index (χ3v) is 4.47. The topological polar surface area (TPSA) is 50.4 Å². The molecule has 0 heterocycles. The molecule has 0 aromatic heterocycles. The number of nitrogens with one attached hydrogen (secondary N) is 2. The number of ether oxygens (including phenoxy) is 1. The maximum Gasteiger partial charge on any atom is 0.412 e. The molecule has 0 saturated carbocycles. The summed E-state index contributed by atoms with van der Waals surface area (Å²) in [6, 6.07) is 6.65. The molecule has 1 aromatic carbocycles. The number of benzene rings is 1. The van der Waals surface area contributed by atoms with E-state index in [1.807, 2.05) is 26.8 Å². The Bertz CT molecular complexity index is 576. The number of hydrogen-bond acceptors (Lipinski definition) is 3. The van der Waals surface area contributed by atoms with Gasteiger partial charge in [-0.05, 0) is 75.8 Å². The number of rotatable bonds is 7. The first-order valence-corrected chi connectivity index (χ1v) is 9.61. The largest absolute Gasteiger partial charge is 0.444 e. The SMILES string of the molecule is CC(C)CCCCNC1CCc2cc(NC(=O)OC(C)(C)C)ccc21. The summed E-state index contributed by atoms with van der Waals surface area (Å²) < 4.78 is 5.31. The molecule has 0 spiro atoms. The van der Waals surface area contributed by atoms with Gasteiger partial charge in [0.2, 0.25) is 0 Å². The van der Waals surface area contributed by atoms with Crippen LogP contribution in [0.1, 0.15) is 77.5 Å². The quantitative estimate of drug-likeness (QED) is 0.647. The molecule has 1 amide bonds. The van der Waals surface area contributed by atoms with Crippen molar-refractivity contribution >= 4 is 11.8 Å². The zero-order valence-corrected chi connectivity index (χ0v) is 16.4. The molecule has 25 heavy (non-hydrogen) atoms. The van der Waals surface area contributed by atoms with Gasteiger partial charge in [-0.25, -0.2) is 4.79 Å². The Morgan fingerprint density at radius 1 is 1.28 bits per heavy atom. The highest BCUT2D eigenvalue weighted by molar-refractivity contribution is 5.85. The second-order valence-corrected chi connectivity index (χ2v) is 8.48. The van der Waals surface area contributed by atoms with Crippen LogP contribution in [0, 0.1) is 5.92 Å². The first-order chi connectivity index (χ1) is 11.7. The van der Waals surface area contributed by atoms with Crippen molar-refractivity contribution in [1.29, 1.82) is 0 Å². The number of unbranched alkanes of at least 4 members (excludes halogenated alkanes) is 1. The van der Waals surface area contributed by atoms with Crippen LogP contribution in [-0.2, 0) is 11.2 Å². The van der Waals surface area contributed by atoms with E-state index >= 15 is 0 Å². The van der Waals surface area contributed by atoms with Gasteiger partial charge in [0.25, 0.3) is 0 Å². The van der Waals surface area contributed by atoms with E-state index in [4.69, 9.17) is 4.74 Å². The summed E-state index contributed by atoms with van der Waals surface area (Å²) in [5.74, 6) is 0.795. The Morgan fingerprint density at radius 2 is 2.04 bits per heavy atom. The lowest BCUT2D eigenvalue weighted by molar-refractivity contribution is 0.0636. The zero-order chi connectivity index (χ0) is 18.4. The molecule has 0 aliphatic heterocycles. The molecule has 2 N–H and O–H groups in total. The lowest BCUT2D eigenvalue weighted by Gasteiger charge is -2.20. The van der Waals surface area contributed by atoms with Crippen LogP contribution in [-0.4, -0.2) is 18.2 Å². The van der Waals surface area contributed by atoms with Crippen molar-refractivity contribution in [2.45, 2.75) is 78.4 Å². The van der Waals surface area contributed by atoms with Crippen molar-refractivity contribution in [1.82, 2.24) is 5.32 Å². The summed E-state index contributed by atoms with van der Waals surface area (Å²) in [7, 11) is 0. The molecule has 0 bridgehead atoms. The summed E-state index contributed by atoms with van der Waals surface area (Å²) in [6.07, 6.45) is 5.64. The fourth-order valence-electron chi connectivity index (χ4n) is 3.28. The van der Waals surface area contributed by atoms with Crippen molar-refractivity contribution in [2.75, 3.05) is 11.9 Å². The third-order valence-electron chi connectivity index (χ3n) is 4.47. The van der Waals surface area contributed by atoms with Crippen LogP contribution in [0.2, 0.25) is 0 Å². The number of fused-ring (bicyclic) bond motifs is 1. The second kappa shape index (κ2) is 8.70. The number of hydrogen-bond donors (Lipinski definition) is 2. The van der Waals surface area contributed by atoms with Crippen molar-refractivity contribution in [3.8, 4) is 0 Å². The average Bonchev–Trinajstić information content (AvgIpc) is 2.87. The molecular weight excluding hydrogens is 312 g/mol. The van der Waals surface area contributed by atoms with Crippen molar-refractivity contribution < 1.29 is 9.53 Å². The number of carbonyl (C=O) groups excluding carboxylic acids is 1. The summed E-state index contributed by atoms with van der Waals surface area (Å²) >= 11 is 0. The van der Waals surface area contributed by atoms with Crippen LogP contribution < -0.4 is 10.6 Å². The summed E-state index contributed by atoms with van der Waals surface area (Å²) in [5, 5.41) is 6.52. The van der Waals surface area contributed by atoms with Gasteiger partial charge in [0.1, 0.15) is 5.60 Å². The molecule has 1 atom stereocenters. The van der Waals surface area contributed by atoms with E-state index in [9.17, 15) is 4.79 Å². The van der Waals surface area contributed by atoms with Crippen LogP contribution in [0.15, 0.2) is 18.2 Å². The van der Waals surface area contributed by atoms with E-state index in [-0.39, 0.29) is 0 Å². The van der Waals surface area contributed by atoms with Crippen LogP contribution in [0.4, 0.5) is 10.5 Å². The predicted octanol–water partition coefficient (Wildman–Crippen LogP) is 5.44. The van der Waals surface area contributed by atoms with Gasteiger partial charge in [-0.15, -0.1) is 0 Å². The number of anilines is 1. The van der Waals surface area contributed by atoms with E-state index in [1.165, 1.54) is 30.4 Å². The zero-order valence-electron chi connectivity index (χ0n) is 16.4. The van der Waals surface area contributed by atoms with Crippen LogP contribution in [0.5, 0.6) is 0 Å². The Balaban J connectivity index is 1.84. The van der Waals surface area contributed by atoms with Gasteiger partial charge in [-0.2, -0.15) is 0 Å². The summed E-state index contributed by atoms with van der Waals surface area (Å²) in [4.78, 5) is 11.9. The Hall–Kier alpha value is -1.55. The Kier molecular flexibility index (Phi) is 6.88. The molecule has 1 aromatic rings. The van der Waals surface area contributed by atoms with Gasteiger partial charge in [0.05, 0.1) is 0 Å². The molecule has 0 saturated heterocycles. The standard InChI is InChI=1S/C21H34N2O2/c1-15(2)8-6-7-13-22-19-12-9-16-14-17(10-11-18(16)19)23-20(24)25-21(3,4)5/h10-11,14-15,19,22H,6-9,12-13H2,1-5H3,(H,23,24). The second-order valence-electron chi connectivity index (χ2n) is 8.48. The minimum absolute atomic E-state index is 0.398. The highest BCUT2D eigenvalue weighted by atomic mass is 16.6. The monoisotopic (exact) mass is 346 g/mol. The molecule has 140 valence electrons. The molecule has 0 radical (unpaired) electrons. The third kappa shape index (κ3) is 6.69. The van der Waals surface area contributed by atoms with E-state index in [1.54, 1.807) is 0 Å². The smallest absolute Gasteiger partial charge is 0.412 e.